The third-order valence-electron chi connectivity index (χ3n) is 19.5. The van der Waals surface area contributed by atoms with Crippen LogP contribution in [0.25, 0.3) is 0 Å². The van der Waals surface area contributed by atoms with E-state index in [2.05, 4.69) is 298 Å². The first kappa shape index (κ1) is 79.6. The van der Waals surface area contributed by atoms with Crippen molar-refractivity contribution in [2.45, 2.75) is 314 Å². The van der Waals surface area contributed by atoms with Gasteiger partial charge in [0, 0.05) is 33.5 Å². The Labute approximate surface area is 569 Å². The zero-order valence-corrected chi connectivity index (χ0v) is 69.4. The van der Waals surface area contributed by atoms with E-state index >= 15 is 18.3 Å². The lowest BCUT2D eigenvalue weighted by Crippen LogP contribution is -2.46. The molecule has 524 valence electrons. The lowest BCUT2D eigenvalue weighted by Gasteiger charge is -2.44. The lowest BCUT2D eigenvalue weighted by molar-refractivity contribution is -0.0680. The summed E-state index contributed by atoms with van der Waals surface area (Å²) in [4.78, 5) is 0. The van der Waals surface area contributed by atoms with Gasteiger partial charge in [-0.25, -0.2) is 0 Å². The Hall–Kier alpha value is -2.36. The van der Waals surface area contributed by atoms with Crippen LogP contribution in [0.1, 0.15) is 316 Å². The van der Waals surface area contributed by atoms with Crippen molar-refractivity contribution in [3.8, 4) is 0 Å². The smallest absolute Gasteiger partial charge is 0.314 e. The van der Waals surface area contributed by atoms with Crippen molar-refractivity contribution >= 4 is 50.7 Å². The molecule has 0 N–H and O–H groups in total. The topological polar surface area (TPSA) is 105 Å². The summed E-state index contributed by atoms with van der Waals surface area (Å²) in [6.45, 7) is 80.2. The first-order valence-corrected chi connectivity index (χ1v) is 42.0. The van der Waals surface area contributed by atoms with Gasteiger partial charge in [-0.2, -0.15) is 0 Å². The number of hydrogen-bond acceptors (Lipinski definition) is 8. The van der Waals surface area contributed by atoms with Crippen molar-refractivity contribution in [1.29, 1.82) is 0 Å². The fraction of sp³-hybridized carbons (Fsp3) is 0.704. The van der Waals surface area contributed by atoms with Crippen LogP contribution >= 0.6 is 29.5 Å². The molecule has 12 heteroatoms. The summed E-state index contributed by atoms with van der Waals surface area (Å²) in [6.07, 6.45) is -0.0971. The molecule has 0 aromatic heterocycles. The molecule has 2 fully saturated rings. The van der Waals surface area contributed by atoms with E-state index in [0.29, 0.717) is 0 Å². The molecule has 2 aliphatic rings. The monoisotopic (exact) mass is 1360 g/mol. The molecule has 0 saturated carbocycles. The highest BCUT2D eigenvalue weighted by molar-refractivity contribution is 7.80. The van der Waals surface area contributed by atoms with E-state index in [-0.39, 0.29) is 72.7 Å². The molecule has 0 bridgehead atoms. The van der Waals surface area contributed by atoms with Crippen molar-refractivity contribution < 1.29 is 36.4 Å². The van der Waals surface area contributed by atoms with Crippen molar-refractivity contribution in [1.82, 2.24) is 0 Å². The molecule has 0 atom stereocenters. The maximum absolute atomic E-state index is 18.1. The summed E-state index contributed by atoms with van der Waals surface area (Å²) in [5.74, 6) is 0. The zero-order chi connectivity index (χ0) is 71.9. The zero-order valence-electron chi connectivity index (χ0n) is 65.8. The molecule has 4 aromatic rings. The molecule has 8 nitrogen and oxygen atoms in total. The standard InChI is InChI=1S/C81H132O8P4/c1-69(2,3)53-41-57(73(13,14)15)65(58(42-53)74(16,17)18)90(82,66-59(75(19,20)21)43-54(70(4,5)6)44-60(66)76(22,23)24)37-39-92(84)86-49-81(50-87-92)51-88-93(85,89-52-81)40-38-91(83,67-61(77(25,26)27)45-55(71(7,8)9)46-62(67)78(28,29)30)68-63(79(31,32)33)47-56(72(10,11)12)48-64(68)80(34,35)36/h41-48H,37-40,49-52H2,1-36H3. The fourth-order valence-corrected chi connectivity index (χ4v) is 27.5. The SMILES string of the molecule is CC(C)(C)c1cc(C(C)(C)C)c(P(=O)(CCP2(=O)OCC3(CO2)COP(=O)(CCP(=O)(c2c(C(C)(C)C)cc(C(C)(C)C)cc2C(C)(C)C)c2c(C(C)(C)C)cc(C(C)(C)C)cc2C(C)(C)C)OC3)c2c(C(C)(C)C)cc(C(C)(C)C)cc2C(C)(C)C)c(C(C)(C)C)c1. The third-order valence-corrected chi connectivity index (χ3v) is 30.3. The highest BCUT2D eigenvalue weighted by Crippen LogP contribution is 2.64. The fourth-order valence-electron chi connectivity index (χ4n) is 13.1. The first-order valence-electron chi connectivity index (χ1n) is 34.8. The number of benzene rings is 4. The average Bonchev–Trinajstić information content (AvgIpc) is 0.716. The Morgan fingerprint density at radius 3 is 0.538 bits per heavy atom. The normalized spacial score (nSPS) is 21.0. The predicted octanol–water partition coefficient (Wildman–Crippen LogP) is 22.1. The van der Waals surface area contributed by atoms with Crippen molar-refractivity contribution in [3.05, 3.63) is 115 Å². The lowest BCUT2D eigenvalue weighted by atomic mass is 9.75. The van der Waals surface area contributed by atoms with Gasteiger partial charge < -0.3 is 27.2 Å². The van der Waals surface area contributed by atoms with Gasteiger partial charge in [-0.1, -0.05) is 298 Å². The van der Waals surface area contributed by atoms with E-state index in [1.54, 1.807) is 0 Å². The molecule has 2 saturated heterocycles. The maximum atomic E-state index is 18.1. The van der Waals surface area contributed by atoms with Crippen molar-refractivity contribution in [2.24, 2.45) is 5.41 Å². The largest absolute Gasteiger partial charge is 0.331 e. The molecule has 6 rings (SSSR count). The summed E-state index contributed by atoms with van der Waals surface area (Å²) in [7, 11) is -15.6. The van der Waals surface area contributed by atoms with Gasteiger partial charge in [-0.05, 0) is 132 Å². The minimum atomic E-state index is -3.97. The van der Waals surface area contributed by atoms with Gasteiger partial charge >= 0.3 is 15.2 Å². The maximum Gasteiger partial charge on any atom is 0.331 e. The molecule has 0 aliphatic carbocycles. The third kappa shape index (κ3) is 17.3. The van der Waals surface area contributed by atoms with Crippen LogP contribution in [0.5, 0.6) is 0 Å². The molecule has 0 amide bonds. The van der Waals surface area contributed by atoms with Gasteiger partial charge in [-0.15, -0.1) is 0 Å². The van der Waals surface area contributed by atoms with Crippen LogP contribution in [-0.2, 0) is 101 Å². The molecule has 0 unspecified atom stereocenters. The Bertz CT molecular complexity index is 3050. The number of rotatable bonds is 10. The van der Waals surface area contributed by atoms with Gasteiger partial charge in [0.05, 0.1) is 44.2 Å². The van der Waals surface area contributed by atoms with Crippen LogP contribution in [0.3, 0.4) is 0 Å². The summed E-state index contributed by atoms with van der Waals surface area (Å²) in [6, 6.07) is 18.5. The summed E-state index contributed by atoms with van der Waals surface area (Å²) in [5.41, 5.74) is 7.80. The van der Waals surface area contributed by atoms with Crippen LogP contribution in [0.15, 0.2) is 48.5 Å². The molecular weight excluding hydrogens is 1220 g/mol. The molecule has 1 spiro atoms. The second kappa shape index (κ2) is 25.1. The van der Waals surface area contributed by atoms with Crippen LogP contribution in [0, 0.1) is 5.41 Å². The second-order valence-electron chi connectivity index (χ2n) is 40.9. The van der Waals surface area contributed by atoms with E-state index < -0.39 is 78.2 Å². The molecule has 93 heavy (non-hydrogen) atoms. The minimum absolute atomic E-state index is 0.0391. The predicted molar refractivity (Wildman–Crippen MR) is 405 cm³/mol. The summed E-state index contributed by atoms with van der Waals surface area (Å²) < 4.78 is 94.1. The Kier molecular flexibility index (Phi) is 21.5. The average molecular weight is 1360 g/mol. The van der Waals surface area contributed by atoms with Crippen LogP contribution in [0.2, 0.25) is 0 Å². The first-order chi connectivity index (χ1) is 41.1. The highest BCUT2D eigenvalue weighted by atomic mass is 31.2. The molecule has 4 aromatic carbocycles. The van der Waals surface area contributed by atoms with Gasteiger partial charge in [0.1, 0.15) is 14.3 Å². The Balaban J connectivity index is 1.49. The molecule has 2 heterocycles. The van der Waals surface area contributed by atoms with E-state index in [4.69, 9.17) is 18.1 Å². The Morgan fingerprint density at radius 2 is 0.419 bits per heavy atom. The van der Waals surface area contributed by atoms with E-state index in [0.717, 1.165) is 65.7 Å². The van der Waals surface area contributed by atoms with Crippen molar-refractivity contribution in [3.63, 3.8) is 0 Å². The molecule has 0 radical (unpaired) electrons. The minimum Gasteiger partial charge on any atom is -0.314 e. The van der Waals surface area contributed by atoms with Gasteiger partial charge in [0.15, 0.2) is 0 Å². The second-order valence-corrected chi connectivity index (χ2v) is 50.9. The Morgan fingerprint density at radius 1 is 0.280 bits per heavy atom. The summed E-state index contributed by atoms with van der Waals surface area (Å²) >= 11 is 0. The number of hydrogen-bond donors (Lipinski definition) is 0. The molecular formula is C81H132O8P4. The van der Waals surface area contributed by atoms with Crippen LogP contribution < -0.4 is 21.2 Å². The van der Waals surface area contributed by atoms with Gasteiger partial charge in [-0.3, -0.25) is 9.13 Å². The van der Waals surface area contributed by atoms with Gasteiger partial charge in [0.2, 0.25) is 0 Å². The van der Waals surface area contributed by atoms with E-state index in [1.165, 1.54) is 22.3 Å². The van der Waals surface area contributed by atoms with E-state index in [1.807, 2.05) is 0 Å². The van der Waals surface area contributed by atoms with E-state index in [9.17, 15) is 0 Å². The molecule has 2 aliphatic heterocycles. The van der Waals surface area contributed by atoms with Crippen molar-refractivity contribution in [2.75, 3.05) is 51.1 Å². The highest BCUT2D eigenvalue weighted by Gasteiger charge is 2.53. The van der Waals surface area contributed by atoms with Crippen LogP contribution in [-0.4, -0.2) is 51.1 Å². The van der Waals surface area contributed by atoms with Crippen LogP contribution in [0.4, 0.5) is 0 Å². The quantitative estimate of drug-likeness (QED) is 0.145. The van der Waals surface area contributed by atoms with Gasteiger partial charge in [0.25, 0.3) is 0 Å². The summed E-state index contributed by atoms with van der Waals surface area (Å²) in [5, 5.41) is 3.40.